The molecule has 3 aromatic rings. The number of nitrogens with zero attached hydrogens (tertiary/aromatic N) is 3. The maximum Gasteiger partial charge on any atom is 0.274 e. The smallest absolute Gasteiger partial charge is 0.274 e. The monoisotopic (exact) mass is 365 g/mol. The van der Waals surface area contributed by atoms with Gasteiger partial charge in [0.15, 0.2) is 0 Å². The lowest BCUT2D eigenvalue weighted by Gasteiger charge is -2.10. The number of carbonyl (C=O) groups is 1. The number of nitriles is 1. The Hall–Kier alpha value is -3.86. The summed E-state index contributed by atoms with van der Waals surface area (Å²) in [5.41, 5.74) is 1.01. The number of rotatable bonds is 4. The first-order valence-corrected chi connectivity index (χ1v) is 7.84. The van der Waals surface area contributed by atoms with Gasteiger partial charge in [-0.25, -0.2) is 18.7 Å². The van der Waals surface area contributed by atoms with Gasteiger partial charge < -0.3 is 10.6 Å². The van der Waals surface area contributed by atoms with Gasteiger partial charge in [0.2, 0.25) is 5.95 Å². The van der Waals surface area contributed by atoms with Crippen LogP contribution in [0.5, 0.6) is 0 Å². The third-order valence-corrected chi connectivity index (χ3v) is 3.56. The van der Waals surface area contributed by atoms with Crippen molar-refractivity contribution in [3.63, 3.8) is 0 Å². The summed E-state index contributed by atoms with van der Waals surface area (Å²) in [6.07, 6.45) is 0. The van der Waals surface area contributed by atoms with Crippen molar-refractivity contribution in [3.8, 4) is 6.07 Å². The van der Waals surface area contributed by atoms with Crippen molar-refractivity contribution in [3.05, 3.63) is 77.1 Å². The van der Waals surface area contributed by atoms with Crippen LogP contribution in [0, 0.1) is 29.9 Å². The number of halogens is 2. The molecule has 0 fully saturated rings. The predicted octanol–water partition coefficient (Wildman–Crippen LogP) is 3.93. The van der Waals surface area contributed by atoms with Crippen LogP contribution in [-0.4, -0.2) is 15.9 Å². The fraction of sp³-hybridized carbons (Fsp3) is 0.0526. The van der Waals surface area contributed by atoms with Gasteiger partial charge >= 0.3 is 0 Å². The molecule has 1 amide bonds. The average Bonchev–Trinajstić information content (AvgIpc) is 2.65. The summed E-state index contributed by atoms with van der Waals surface area (Å²) in [6.45, 7) is 1.66. The van der Waals surface area contributed by atoms with Crippen molar-refractivity contribution in [1.82, 2.24) is 9.97 Å². The lowest BCUT2D eigenvalue weighted by molar-refractivity contribution is 0.102. The van der Waals surface area contributed by atoms with Crippen molar-refractivity contribution < 1.29 is 13.6 Å². The zero-order valence-corrected chi connectivity index (χ0v) is 14.1. The predicted molar refractivity (Wildman–Crippen MR) is 95.5 cm³/mol. The number of benzene rings is 2. The Bertz CT molecular complexity index is 1020. The maximum atomic E-state index is 13.7. The van der Waals surface area contributed by atoms with Crippen LogP contribution in [-0.2, 0) is 0 Å². The summed E-state index contributed by atoms with van der Waals surface area (Å²) >= 11 is 0. The van der Waals surface area contributed by atoms with Gasteiger partial charge in [-0.3, -0.25) is 4.79 Å². The van der Waals surface area contributed by atoms with Crippen molar-refractivity contribution in [2.45, 2.75) is 6.92 Å². The molecule has 1 aromatic heterocycles. The van der Waals surface area contributed by atoms with Crippen LogP contribution >= 0.6 is 0 Å². The summed E-state index contributed by atoms with van der Waals surface area (Å²) in [5.74, 6) is -2.40. The molecule has 1 heterocycles. The number of aryl methyl sites for hydroxylation is 1. The molecule has 2 aromatic carbocycles. The Balaban J connectivity index is 1.84. The van der Waals surface area contributed by atoms with E-state index in [1.165, 1.54) is 12.1 Å². The molecule has 27 heavy (non-hydrogen) atoms. The van der Waals surface area contributed by atoms with E-state index in [0.717, 1.165) is 12.1 Å². The Labute approximate surface area is 153 Å². The highest BCUT2D eigenvalue weighted by Gasteiger charge is 2.16. The van der Waals surface area contributed by atoms with Gasteiger partial charge in [-0.1, -0.05) is 6.07 Å². The molecule has 0 saturated carbocycles. The van der Waals surface area contributed by atoms with Gasteiger partial charge in [0, 0.05) is 11.4 Å². The minimum absolute atomic E-state index is 0.0544. The van der Waals surface area contributed by atoms with E-state index in [9.17, 15) is 13.6 Å². The van der Waals surface area contributed by atoms with Crippen LogP contribution in [0.2, 0.25) is 0 Å². The molecule has 0 unspecified atom stereocenters. The standard InChI is InChI=1S/C19H13F2N5O/c1-11-9-16(18(27)26-17-14(20)3-2-4-15(17)21)25-19(23-11)24-13-7-5-12(10-22)6-8-13/h2-9H,1H3,(H,26,27)(H,23,24,25). The Kier molecular flexibility index (Phi) is 5.04. The van der Waals surface area contributed by atoms with Crippen LogP contribution in [0.4, 0.5) is 26.1 Å². The molecular weight excluding hydrogens is 352 g/mol. The highest BCUT2D eigenvalue weighted by molar-refractivity contribution is 6.03. The maximum absolute atomic E-state index is 13.7. The molecule has 2 N–H and O–H groups in total. The first-order valence-electron chi connectivity index (χ1n) is 7.84. The highest BCUT2D eigenvalue weighted by Crippen LogP contribution is 2.20. The van der Waals surface area contributed by atoms with Crippen molar-refractivity contribution >= 4 is 23.2 Å². The number of para-hydroxylation sites is 1. The number of carbonyl (C=O) groups excluding carboxylic acids is 1. The molecule has 134 valence electrons. The summed E-state index contributed by atoms with van der Waals surface area (Å²) in [7, 11) is 0. The second kappa shape index (κ2) is 7.58. The Morgan fingerprint density at radius 1 is 1.07 bits per heavy atom. The summed E-state index contributed by atoms with van der Waals surface area (Å²) in [6, 6.07) is 13.3. The van der Waals surface area contributed by atoms with Gasteiger partial charge in [0.1, 0.15) is 23.0 Å². The van der Waals surface area contributed by atoms with Gasteiger partial charge in [0.25, 0.3) is 5.91 Å². The normalized spacial score (nSPS) is 10.1. The van der Waals surface area contributed by atoms with E-state index in [4.69, 9.17) is 5.26 Å². The molecule has 8 heteroatoms. The van der Waals surface area contributed by atoms with Crippen LogP contribution in [0.3, 0.4) is 0 Å². The van der Waals surface area contributed by atoms with Gasteiger partial charge in [-0.2, -0.15) is 5.26 Å². The lowest BCUT2D eigenvalue weighted by atomic mass is 10.2. The van der Waals surface area contributed by atoms with Gasteiger partial charge in [0.05, 0.1) is 11.6 Å². The highest BCUT2D eigenvalue weighted by atomic mass is 19.1. The largest absolute Gasteiger partial charge is 0.324 e. The fourth-order valence-electron chi connectivity index (χ4n) is 2.29. The molecule has 0 bridgehead atoms. The Morgan fingerprint density at radius 2 is 1.74 bits per heavy atom. The third-order valence-electron chi connectivity index (χ3n) is 3.56. The molecule has 6 nitrogen and oxygen atoms in total. The topological polar surface area (TPSA) is 90.7 Å². The molecule has 0 atom stereocenters. The second-order valence-electron chi connectivity index (χ2n) is 5.58. The van der Waals surface area contributed by atoms with E-state index in [1.807, 2.05) is 6.07 Å². The number of hydrogen-bond acceptors (Lipinski definition) is 5. The van der Waals surface area contributed by atoms with Crippen LogP contribution < -0.4 is 10.6 Å². The summed E-state index contributed by atoms with van der Waals surface area (Å²) in [4.78, 5) is 20.6. The molecule has 0 aliphatic carbocycles. The minimum Gasteiger partial charge on any atom is -0.324 e. The van der Waals surface area contributed by atoms with Crippen molar-refractivity contribution in [2.75, 3.05) is 10.6 Å². The third kappa shape index (κ3) is 4.22. The number of amides is 1. The molecule has 0 saturated heterocycles. The summed E-state index contributed by atoms with van der Waals surface area (Å²) < 4.78 is 27.4. The number of anilines is 3. The van der Waals surface area contributed by atoms with E-state index >= 15 is 0 Å². The van der Waals surface area contributed by atoms with Crippen LogP contribution in [0.1, 0.15) is 21.7 Å². The van der Waals surface area contributed by atoms with E-state index in [-0.39, 0.29) is 11.6 Å². The number of aromatic nitrogens is 2. The lowest BCUT2D eigenvalue weighted by Crippen LogP contribution is -2.17. The van der Waals surface area contributed by atoms with Gasteiger partial charge in [-0.15, -0.1) is 0 Å². The molecule has 0 aliphatic heterocycles. The van der Waals surface area contributed by atoms with E-state index in [2.05, 4.69) is 20.6 Å². The SMILES string of the molecule is Cc1cc(C(=O)Nc2c(F)cccc2F)nc(Nc2ccc(C#N)cc2)n1. The number of hydrogen-bond donors (Lipinski definition) is 2. The zero-order valence-electron chi connectivity index (χ0n) is 14.1. The first kappa shape index (κ1) is 17.9. The van der Waals surface area contributed by atoms with E-state index < -0.39 is 23.2 Å². The second-order valence-corrected chi connectivity index (χ2v) is 5.58. The minimum atomic E-state index is -0.884. The molecule has 0 spiro atoms. The van der Waals surface area contributed by atoms with E-state index in [0.29, 0.717) is 16.9 Å². The molecule has 3 rings (SSSR count). The fourth-order valence-corrected chi connectivity index (χ4v) is 2.29. The van der Waals surface area contributed by atoms with Crippen LogP contribution in [0.25, 0.3) is 0 Å². The van der Waals surface area contributed by atoms with Crippen LogP contribution in [0.15, 0.2) is 48.5 Å². The van der Waals surface area contributed by atoms with Gasteiger partial charge in [-0.05, 0) is 49.4 Å². The zero-order chi connectivity index (χ0) is 19.4. The van der Waals surface area contributed by atoms with Crippen molar-refractivity contribution in [1.29, 1.82) is 5.26 Å². The van der Waals surface area contributed by atoms with E-state index in [1.54, 1.807) is 31.2 Å². The van der Waals surface area contributed by atoms with Crippen molar-refractivity contribution in [2.24, 2.45) is 0 Å². The first-order chi connectivity index (χ1) is 13.0. The molecule has 0 aliphatic rings. The molecular formula is C19H13F2N5O. The average molecular weight is 365 g/mol. The number of nitrogens with one attached hydrogen (secondary N) is 2. The summed E-state index contributed by atoms with van der Waals surface area (Å²) in [5, 5.41) is 13.9. The molecule has 0 radical (unpaired) electrons. The quantitative estimate of drug-likeness (QED) is 0.731. The Morgan fingerprint density at radius 3 is 2.37 bits per heavy atom.